The summed E-state index contributed by atoms with van der Waals surface area (Å²) < 4.78 is 0. The van der Waals surface area contributed by atoms with Crippen LogP contribution in [0.3, 0.4) is 0 Å². The van der Waals surface area contributed by atoms with Gasteiger partial charge in [0, 0.05) is 31.2 Å². The Morgan fingerprint density at radius 3 is 2.19 bits per heavy atom. The van der Waals surface area contributed by atoms with Crippen LogP contribution < -0.4 is 5.32 Å². The second-order valence-electron chi connectivity index (χ2n) is 6.39. The molecule has 16 heavy (non-hydrogen) atoms. The lowest BCUT2D eigenvalue weighted by Crippen LogP contribution is -2.58. The highest BCUT2D eigenvalue weighted by Crippen LogP contribution is 2.32. The first-order valence-electron chi connectivity index (χ1n) is 7.06. The minimum atomic E-state index is 0.660. The van der Waals surface area contributed by atoms with E-state index in [-0.39, 0.29) is 0 Å². The summed E-state index contributed by atoms with van der Waals surface area (Å²) in [5.41, 5.74) is 0. The first-order chi connectivity index (χ1) is 7.56. The number of hydrogen-bond acceptors (Lipinski definition) is 2. The van der Waals surface area contributed by atoms with Crippen molar-refractivity contribution in [2.45, 2.75) is 65.1 Å². The Morgan fingerprint density at radius 1 is 0.938 bits per heavy atom. The number of piperazine rings is 1. The smallest absolute Gasteiger partial charge is 0.0169 e. The van der Waals surface area contributed by atoms with Crippen molar-refractivity contribution in [2.75, 3.05) is 13.1 Å². The van der Waals surface area contributed by atoms with Gasteiger partial charge in [0.2, 0.25) is 0 Å². The maximum atomic E-state index is 3.63. The molecule has 0 aromatic rings. The largest absolute Gasteiger partial charge is 0.309 e. The van der Waals surface area contributed by atoms with Crippen LogP contribution in [-0.2, 0) is 0 Å². The fourth-order valence-electron chi connectivity index (χ4n) is 3.65. The van der Waals surface area contributed by atoms with E-state index >= 15 is 0 Å². The van der Waals surface area contributed by atoms with Crippen LogP contribution in [0.25, 0.3) is 0 Å². The van der Waals surface area contributed by atoms with Gasteiger partial charge in [-0.25, -0.2) is 0 Å². The molecule has 0 spiro atoms. The molecule has 0 aromatic heterocycles. The number of nitrogens with zero attached hydrogens (tertiary/aromatic N) is 1. The molecule has 0 radical (unpaired) electrons. The average Bonchev–Trinajstić information content (AvgIpc) is 2.20. The Bertz CT molecular complexity index is 219. The topological polar surface area (TPSA) is 15.3 Å². The van der Waals surface area contributed by atoms with Crippen molar-refractivity contribution >= 4 is 0 Å². The van der Waals surface area contributed by atoms with Crippen molar-refractivity contribution in [2.24, 2.45) is 11.8 Å². The van der Waals surface area contributed by atoms with Gasteiger partial charge in [-0.1, -0.05) is 20.3 Å². The molecule has 2 heteroatoms. The zero-order valence-electron chi connectivity index (χ0n) is 11.4. The Labute approximate surface area is 101 Å². The molecule has 1 aliphatic carbocycles. The Balaban J connectivity index is 1.99. The summed E-state index contributed by atoms with van der Waals surface area (Å²) in [5.74, 6) is 1.83. The molecule has 2 aliphatic rings. The first-order valence-corrected chi connectivity index (χ1v) is 7.06. The van der Waals surface area contributed by atoms with Gasteiger partial charge in [-0.15, -0.1) is 0 Å². The zero-order valence-corrected chi connectivity index (χ0v) is 11.4. The van der Waals surface area contributed by atoms with Gasteiger partial charge in [-0.05, 0) is 38.5 Å². The molecule has 0 amide bonds. The SMILES string of the molecule is CC1CCC(C)C(N2CC(C)NC(C)C2)C1. The summed E-state index contributed by atoms with van der Waals surface area (Å²) >= 11 is 0. The predicted octanol–water partition coefficient (Wildman–Crippen LogP) is 2.49. The van der Waals surface area contributed by atoms with Crippen LogP contribution in [0.5, 0.6) is 0 Å². The molecule has 1 N–H and O–H groups in total. The third kappa shape index (κ3) is 2.78. The average molecular weight is 224 g/mol. The van der Waals surface area contributed by atoms with E-state index in [4.69, 9.17) is 0 Å². The maximum Gasteiger partial charge on any atom is 0.0169 e. The van der Waals surface area contributed by atoms with Crippen molar-refractivity contribution in [1.82, 2.24) is 10.2 Å². The van der Waals surface area contributed by atoms with Gasteiger partial charge in [0.05, 0.1) is 0 Å². The molecule has 1 saturated heterocycles. The van der Waals surface area contributed by atoms with Crippen molar-refractivity contribution in [1.29, 1.82) is 0 Å². The molecular formula is C14H28N2. The summed E-state index contributed by atoms with van der Waals surface area (Å²) in [7, 11) is 0. The Morgan fingerprint density at radius 2 is 1.56 bits per heavy atom. The van der Waals surface area contributed by atoms with E-state index in [2.05, 4.69) is 37.9 Å². The lowest BCUT2D eigenvalue weighted by Gasteiger charge is -2.46. The van der Waals surface area contributed by atoms with Gasteiger partial charge < -0.3 is 5.32 Å². The van der Waals surface area contributed by atoms with Crippen LogP contribution in [0.1, 0.15) is 47.0 Å². The third-order valence-electron chi connectivity index (χ3n) is 4.47. The van der Waals surface area contributed by atoms with Gasteiger partial charge in [0.15, 0.2) is 0 Å². The molecule has 5 unspecified atom stereocenters. The highest BCUT2D eigenvalue weighted by molar-refractivity contribution is 4.90. The summed E-state index contributed by atoms with van der Waals surface area (Å²) in [6.07, 6.45) is 4.29. The Kier molecular flexibility index (Phi) is 3.91. The normalized spacial score (nSPS) is 46.9. The van der Waals surface area contributed by atoms with E-state index in [1.165, 1.54) is 32.4 Å². The lowest BCUT2D eigenvalue weighted by molar-refractivity contribution is 0.0535. The van der Waals surface area contributed by atoms with E-state index in [0.717, 1.165) is 17.9 Å². The van der Waals surface area contributed by atoms with Gasteiger partial charge in [-0.3, -0.25) is 4.90 Å². The van der Waals surface area contributed by atoms with Crippen LogP contribution in [0.15, 0.2) is 0 Å². The quantitative estimate of drug-likeness (QED) is 0.736. The van der Waals surface area contributed by atoms with Crippen molar-refractivity contribution in [3.8, 4) is 0 Å². The molecule has 2 rings (SSSR count). The molecule has 0 aromatic carbocycles. The zero-order chi connectivity index (χ0) is 11.7. The summed E-state index contributed by atoms with van der Waals surface area (Å²) in [6, 6.07) is 2.16. The monoisotopic (exact) mass is 224 g/mol. The van der Waals surface area contributed by atoms with E-state index in [0.29, 0.717) is 12.1 Å². The minimum Gasteiger partial charge on any atom is -0.309 e. The summed E-state index contributed by atoms with van der Waals surface area (Å²) in [4.78, 5) is 2.76. The predicted molar refractivity (Wildman–Crippen MR) is 69.6 cm³/mol. The summed E-state index contributed by atoms with van der Waals surface area (Å²) in [6.45, 7) is 12.0. The molecule has 1 heterocycles. The molecule has 2 nitrogen and oxygen atoms in total. The molecule has 94 valence electrons. The van der Waals surface area contributed by atoms with Gasteiger partial charge in [0.25, 0.3) is 0 Å². The fraction of sp³-hybridized carbons (Fsp3) is 1.00. The lowest BCUT2D eigenvalue weighted by atomic mass is 9.79. The standard InChI is InChI=1S/C14H28N2/c1-10-5-6-11(2)14(7-10)16-8-12(3)15-13(4)9-16/h10-15H,5-9H2,1-4H3. The van der Waals surface area contributed by atoms with E-state index in [1.807, 2.05) is 0 Å². The van der Waals surface area contributed by atoms with Crippen LogP contribution in [0.2, 0.25) is 0 Å². The third-order valence-corrected chi connectivity index (χ3v) is 4.47. The van der Waals surface area contributed by atoms with Crippen LogP contribution in [0.4, 0.5) is 0 Å². The van der Waals surface area contributed by atoms with Gasteiger partial charge in [0.1, 0.15) is 0 Å². The molecule has 1 saturated carbocycles. The molecule has 5 atom stereocenters. The maximum absolute atomic E-state index is 3.63. The highest BCUT2D eigenvalue weighted by Gasteiger charge is 2.33. The number of nitrogens with one attached hydrogen (secondary N) is 1. The van der Waals surface area contributed by atoms with Crippen molar-refractivity contribution in [3.05, 3.63) is 0 Å². The molecule has 0 bridgehead atoms. The van der Waals surface area contributed by atoms with E-state index in [1.54, 1.807) is 0 Å². The van der Waals surface area contributed by atoms with Crippen LogP contribution >= 0.6 is 0 Å². The van der Waals surface area contributed by atoms with E-state index in [9.17, 15) is 0 Å². The molecule has 2 fully saturated rings. The number of rotatable bonds is 1. The number of hydrogen-bond donors (Lipinski definition) is 1. The van der Waals surface area contributed by atoms with Crippen molar-refractivity contribution in [3.63, 3.8) is 0 Å². The fourth-order valence-corrected chi connectivity index (χ4v) is 3.65. The van der Waals surface area contributed by atoms with Gasteiger partial charge >= 0.3 is 0 Å². The summed E-state index contributed by atoms with van der Waals surface area (Å²) in [5, 5.41) is 3.63. The first kappa shape index (κ1) is 12.4. The van der Waals surface area contributed by atoms with Crippen LogP contribution in [-0.4, -0.2) is 36.1 Å². The molecule has 1 aliphatic heterocycles. The molecular weight excluding hydrogens is 196 g/mol. The van der Waals surface area contributed by atoms with Gasteiger partial charge in [-0.2, -0.15) is 0 Å². The highest BCUT2D eigenvalue weighted by atomic mass is 15.2. The van der Waals surface area contributed by atoms with Crippen LogP contribution in [0, 0.1) is 11.8 Å². The second-order valence-corrected chi connectivity index (χ2v) is 6.39. The van der Waals surface area contributed by atoms with Crippen molar-refractivity contribution < 1.29 is 0 Å². The Hall–Kier alpha value is -0.0800. The minimum absolute atomic E-state index is 0.660. The second kappa shape index (κ2) is 5.05. The van der Waals surface area contributed by atoms with E-state index < -0.39 is 0 Å².